The topological polar surface area (TPSA) is 0 Å². The SMILES string of the molecule is CCSCCCC(CCl)(CCl)c1ccccc1C. The molecule has 0 nitrogen and oxygen atoms in total. The minimum atomic E-state index is -0.0667. The predicted octanol–water partition coefficient (Wildman–Crippen LogP) is 5.24. The van der Waals surface area contributed by atoms with Gasteiger partial charge in [-0.1, -0.05) is 31.2 Å². The van der Waals surface area contributed by atoms with E-state index in [1.165, 1.54) is 29.1 Å². The molecule has 0 amide bonds. The van der Waals surface area contributed by atoms with Gasteiger partial charge in [-0.25, -0.2) is 0 Å². The first-order chi connectivity index (χ1) is 8.70. The summed E-state index contributed by atoms with van der Waals surface area (Å²) in [6, 6.07) is 8.47. The Labute approximate surface area is 125 Å². The predicted molar refractivity (Wildman–Crippen MR) is 86.5 cm³/mol. The molecule has 102 valence electrons. The van der Waals surface area contributed by atoms with Crippen molar-refractivity contribution in [2.24, 2.45) is 0 Å². The van der Waals surface area contributed by atoms with E-state index in [-0.39, 0.29) is 5.41 Å². The Morgan fingerprint density at radius 3 is 2.39 bits per heavy atom. The Hall–Kier alpha value is 0.150. The van der Waals surface area contributed by atoms with Gasteiger partial charge in [0.1, 0.15) is 0 Å². The molecular formula is C15H22Cl2S. The molecule has 0 aliphatic heterocycles. The summed E-state index contributed by atoms with van der Waals surface area (Å²) >= 11 is 14.5. The summed E-state index contributed by atoms with van der Waals surface area (Å²) in [6.45, 7) is 4.34. The van der Waals surface area contributed by atoms with E-state index < -0.39 is 0 Å². The number of halogens is 2. The maximum absolute atomic E-state index is 6.25. The van der Waals surface area contributed by atoms with Crippen LogP contribution in [0, 0.1) is 6.92 Å². The van der Waals surface area contributed by atoms with E-state index in [2.05, 4.69) is 38.1 Å². The first kappa shape index (κ1) is 16.2. The van der Waals surface area contributed by atoms with Crippen LogP contribution in [0.3, 0.4) is 0 Å². The maximum atomic E-state index is 6.25. The molecule has 3 heteroatoms. The average molecular weight is 305 g/mol. The van der Waals surface area contributed by atoms with Crippen LogP contribution >= 0.6 is 35.0 Å². The minimum Gasteiger partial charge on any atom is -0.162 e. The fraction of sp³-hybridized carbons (Fsp3) is 0.600. The zero-order chi connectivity index (χ0) is 13.4. The average Bonchev–Trinajstić information content (AvgIpc) is 2.41. The smallest absolute Gasteiger partial charge is 0.0332 e. The first-order valence-corrected chi connectivity index (χ1v) is 8.68. The molecule has 0 N–H and O–H groups in total. The van der Waals surface area contributed by atoms with Crippen LogP contribution < -0.4 is 0 Å². The van der Waals surface area contributed by atoms with Gasteiger partial charge in [-0.15, -0.1) is 23.2 Å². The molecule has 0 saturated heterocycles. The zero-order valence-corrected chi connectivity index (χ0v) is 13.5. The minimum absolute atomic E-state index is 0.0667. The van der Waals surface area contributed by atoms with Crippen molar-refractivity contribution in [3.63, 3.8) is 0 Å². The molecule has 0 radical (unpaired) electrons. The van der Waals surface area contributed by atoms with Crippen molar-refractivity contribution in [1.82, 2.24) is 0 Å². The number of thioether (sulfide) groups is 1. The van der Waals surface area contributed by atoms with Crippen molar-refractivity contribution in [1.29, 1.82) is 0 Å². The van der Waals surface area contributed by atoms with Crippen molar-refractivity contribution in [3.8, 4) is 0 Å². The molecule has 0 atom stereocenters. The third kappa shape index (κ3) is 4.08. The van der Waals surface area contributed by atoms with Gasteiger partial charge in [0, 0.05) is 17.2 Å². The Kier molecular flexibility index (Phi) is 7.51. The first-order valence-electron chi connectivity index (χ1n) is 6.46. The highest BCUT2D eigenvalue weighted by atomic mass is 35.5. The summed E-state index contributed by atoms with van der Waals surface area (Å²) in [4.78, 5) is 0. The quantitative estimate of drug-likeness (QED) is 0.467. The summed E-state index contributed by atoms with van der Waals surface area (Å²) in [5.74, 6) is 3.56. The van der Waals surface area contributed by atoms with E-state index in [1.807, 2.05) is 11.8 Å². The van der Waals surface area contributed by atoms with Crippen LogP contribution in [-0.4, -0.2) is 23.3 Å². The van der Waals surface area contributed by atoms with Gasteiger partial charge >= 0.3 is 0 Å². The van der Waals surface area contributed by atoms with Crippen LogP contribution in [-0.2, 0) is 5.41 Å². The van der Waals surface area contributed by atoms with Crippen molar-refractivity contribution in [3.05, 3.63) is 35.4 Å². The summed E-state index contributed by atoms with van der Waals surface area (Å²) < 4.78 is 0. The lowest BCUT2D eigenvalue weighted by Crippen LogP contribution is -2.31. The lowest BCUT2D eigenvalue weighted by Gasteiger charge is -2.31. The highest BCUT2D eigenvalue weighted by molar-refractivity contribution is 7.99. The fourth-order valence-corrected chi connectivity index (χ4v) is 3.75. The molecule has 0 heterocycles. The number of aryl methyl sites for hydroxylation is 1. The Bertz CT molecular complexity index is 348. The molecule has 0 aliphatic rings. The molecule has 0 aliphatic carbocycles. The van der Waals surface area contributed by atoms with E-state index in [0.717, 1.165) is 6.42 Å². The highest BCUT2D eigenvalue weighted by Gasteiger charge is 2.31. The standard InChI is InChI=1S/C15H22Cl2S/c1-3-18-10-6-9-15(11-16,12-17)14-8-5-4-7-13(14)2/h4-5,7-8H,3,6,9-12H2,1-2H3. The van der Waals surface area contributed by atoms with Gasteiger partial charge < -0.3 is 0 Å². The number of hydrogen-bond acceptors (Lipinski definition) is 1. The van der Waals surface area contributed by atoms with Gasteiger partial charge in [0.2, 0.25) is 0 Å². The molecular weight excluding hydrogens is 283 g/mol. The second-order valence-corrected chi connectivity index (χ2v) is 6.59. The molecule has 1 rings (SSSR count). The summed E-state index contributed by atoms with van der Waals surface area (Å²) in [7, 11) is 0. The molecule has 0 aromatic heterocycles. The summed E-state index contributed by atoms with van der Waals surface area (Å²) in [5, 5.41) is 0. The van der Waals surface area contributed by atoms with E-state index in [1.54, 1.807) is 0 Å². The number of alkyl halides is 2. The van der Waals surface area contributed by atoms with Crippen molar-refractivity contribution in [2.75, 3.05) is 23.3 Å². The summed E-state index contributed by atoms with van der Waals surface area (Å²) in [5.41, 5.74) is 2.54. The molecule has 0 saturated carbocycles. The normalized spacial score (nSPS) is 11.8. The van der Waals surface area contributed by atoms with Crippen LogP contribution in [0.1, 0.15) is 30.9 Å². The van der Waals surface area contributed by atoms with E-state index in [4.69, 9.17) is 23.2 Å². The van der Waals surface area contributed by atoms with Gasteiger partial charge in [-0.3, -0.25) is 0 Å². The number of hydrogen-bond donors (Lipinski definition) is 0. The molecule has 1 aromatic rings. The van der Waals surface area contributed by atoms with Gasteiger partial charge in [0.05, 0.1) is 0 Å². The van der Waals surface area contributed by atoms with Crippen LogP contribution in [0.5, 0.6) is 0 Å². The lowest BCUT2D eigenvalue weighted by atomic mass is 9.78. The van der Waals surface area contributed by atoms with Crippen LogP contribution in [0.2, 0.25) is 0 Å². The van der Waals surface area contributed by atoms with Crippen molar-refractivity contribution < 1.29 is 0 Å². The maximum Gasteiger partial charge on any atom is 0.0332 e. The van der Waals surface area contributed by atoms with Crippen LogP contribution in [0.25, 0.3) is 0 Å². The third-order valence-corrected chi connectivity index (χ3v) is 5.38. The second-order valence-electron chi connectivity index (χ2n) is 4.66. The fourth-order valence-electron chi connectivity index (χ4n) is 2.27. The second kappa shape index (κ2) is 8.35. The van der Waals surface area contributed by atoms with Crippen molar-refractivity contribution >= 4 is 35.0 Å². The van der Waals surface area contributed by atoms with E-state index in [9.17, 15) is 0 Å². The van der Waals surface area contributed by atoms with Gasteiger partial charge in [0.25, 0.3) is 0 Å². The highest BCUT2D eigenvalue weighted by Crippen LogP contribution is 2.34. The van der Waals surface area contributed by atoms with Gasteiger partial charge in [-0.05, 0) is 42.4 Å². The number of rotatable bonds is 8. The van der Waals surface area contributed by atoms with E-state index in [0.29, 0.717) is 11.8 Å². The Balaban J connectivity index is 2.83. The van der Waals surface area contributed by atoms with E-state index >= 15 is 0 Å². The molecule has 1 aromatic carbocycles. The molecule has 0 unspecified atom stereocenters. The van der Waals surface area contributed by atoms with Crippen LogP contribution in [0.15, 0.2) is 24.3 Å². The molecule has 0 spiro atoms. The van der Waals surface area contributed by atoms with Gasteiger partial charge in [0.15, 0.2) is 0 Å². The summed E-state index contributed by atoms with van der Waals surface area (Å²) in [6.07, 6.45) is 2.24. The molecule has 0 fully saturated rings. The lowest BCUT2D eigenvalue weighted by molar-refractivity contribution is 0.485. The Morgan fingerprint density at radius 1 is 1.17 bits per heavy atom. The number of benzene rings is 1. The monoisotopic (exact) mass is 304 g/mol. The molecule has 18 heavy (non-hydrogen) atoms. The van der Waals surface area contributed by atoms with Crippen molar-refractivity contribution in [2.45, 2.75) is 32.1 Å². The largest absolute Gasteiger partial charge is 0.162 e. The van der Waals surface area contributed by atoms with Gasteiger partial charge in [-0.2, -0.15) is 11.8 Å². The molecule has 0 bridgehead atoms. The zero-order valence-electron chi connectivity index (χ0n) is 11.2. The third-order valence-electron chi connectivity index (χ3n) is 3.38. The van der Waals surface area contributed by atoms with Crippen LogP contribution in [0.4, 0.5) is 0 Å². The Morgan fingerprint density at radius 2 is 1.83 bits per heavy atom.